The van der Waals surface area contributed by atoms with Crippen LogP contribution in [0.4, 0.5) is 0 Å². The van der Waals surface area contributed by atoms with E-state index in [0.717, 1.165) is 5.56 Å². The molecule has 0 saturated carbocycles. The summed E-state index contributed by atoms with van der Waals surface area (Å²) in [6, 6.07) is 14.8. The first kappa shape index (κ1) is 15.8. The largest absolute Gasteiger partial charge is 0.388 e. The van der Waals surface area contributed by atoms with Crippen molar-refractivity contribution in [2.75, 3.05) is 0 Å². The Hall–Kier alpha value is -1.60. The first-order valence-electron chi connectivity index (χ1n) is 7.62. The Morgan fingerprint density at radius 2 is 1.57 bits per heavy atom. The van der Waals surface area contributed by atoms with Crippen LogP contribution in [0, 0.1) is 13.8 Å². The van der Waals surface area contributed by atoms with E-state index in [1.807, 2.05) is 0 Å². The lowest BCUT2D eigenvalue weighted by Gasteiger charge is -2.20. The Morgan fingerprint density at radius 1 is 0.952 bits per heavy atom. The molecule has 2 rings (SSSR count). The summed E-state index contributed by atoms with van der Waals surface area (Å²) >= 11 is 0. The lowest BCUT2D eigenvalue weighted by atomic mass is 9.86. The first-order chi connectivity index (χ1) is 9.77. The van der Waals surface area contributed by atoms with Gasteiger partial charge in [-0.05, 0) is 41.5 Å². The van der Waals surface area contributed by atoms with E-state index >= 15 is 0 Å². The smallest absolute Gasteiger partial charge is 0.0830 e. The minimum absolute atomic E-state index is 0.149. The van der Waals surface area contributed by atoms with Gasteiger partial charge in [-0.1, -0.05) is 68.8 Å². The zero-order valence-electron chi connectivity index (χ0n) is 13.8. The van der Waals surface area contributed by atoms with Gasteiger partial charge >= 0.3 is 0 Å². The van der Waals surface area contributed by atoms with Gasteiger partial charge in [0.1, 0.15) is 0 Å². The summed E-state index contributed by atoms with van der Waals surface area (Å²) < 4.78 is 0. The van der Waals surface area contributed by atoms with E-state index in [1.165, 1.54) is 22.3 Å². The second-order valence-corrected chi connectivity index (χ2v) is 7.02. The highest BCUT2D eigenvalue weighted by atomic mass is 16.3. The average Bonchev–Trinajstić information content (AvgIpc) is 2.42. The molecule has 0 bridgehead atoms. The number of hydrogen-bond acceptors (Lipinski definition) is 1. The van der Waals surface area contributed by atoms with Gasteiger partial charge in [-0.3, -0.25) is 0 Å². The molecule has 0 amide bonds. The third kappa shape index (κ3) is 3.95. The molecule has 0 radical (unpaired) electrons. The fourth-order valence-electron chi connectivity index (χ4n) is 2.55. The lowest BCUT2D eigenvalue weighted by Crippen LogP contribution is -2.11. The Balaban J connectivity index is 2.17. The van der Waals surface area contributed by atoms with Crippen molar-refractivity contribution < 1.29 is 5.11 Å². The number of hydrogen-bond donors (Lipinski definition) is 1. The molecule has 1 N–H and O–H groups in total. The van der Waals surface area contributed by atoms with Crippen LogP contribution < -0.4 is 0 Å². The van der Waals surface area contributed by atoms with Crippen LogP contribution in [-0.4, -0.2) is 5.11 Å². The molecule has 0 spiro atoms. The van der Waals surface area contributed by atoms with Gasteiger partial charge < -0.3 is 5.11 Å². The molecule has 1 nitrogen and oxygen atoms in total. The molecule has 1 atom stereocenters. The normalized spacial score (nSPS) is 13.2. The highest BCUT2D eigenvalue weighted by molar-refractivity contribution is 5.33. The molecule has 0 aliphatic carbocycles. The number of benzene rings is 2. The van der Waals surface area contributed by atoms with Crippen LogP contribution in [-0.2, 0) is 11.8 Å². The summed E-state index contributed by atoms with van der Waals surface area (Å²) in [4.78, 5) is 0. The Kier molecular flexibility index (Phi) is 4.53. The summed E-state index contributed by atoms with van der Waals surface area (Å²) in [7, 11) is 0. The molecule has 0 fully saturated rings. The molecule has 21 heavy (non-hydrogen) atoms. The van der Waals surface area contributed by atoms with E-state index in [4.69, 9.17) is 0 Å². The van der Waals surface area contributed by atoms with Crippen molar-refractivity contribution in [2.24, 2.45) is 0 Å². The van der Waals surface area contributed by atoms with Crippen LogP contribution in [0.25, 0.3) is 0 Å². The molecule has 0 saturated heterocycles. The number of aliphatic hydroxyl groups is 1. The van der Waals surface area contributed by atoms with Crippen molar-refractivity contribution in [1.29, 1.82) is 0 Å². The van der Waals surface area contributed by atoms with Crippen LogP contribution in [0.1, 0.15) is 54.7 Å². The third-order valence-corrected chi connectivity index (χ3v) is 4.08. The van der Waals surface area contributed by atoms with Crippen molar-refractivity contribution in [3.63, 3.8) is 0 Å². The molecular formula is C20H26O. The SMILES string of the molecule is Cc1ccc(C)c(CC(O)c2ccc(C(C)(C)C)cc2)c1. The Bertz CT molecular complexity index is 603. The fourth-order valence-corrected chi connectivity index (χ4v) is 2.55. The third-order valence-electron chi connectivity index (χ3n) is 4.08. The van der Waals surface area contributed by atoms with Gasteiger partial charge in [0.25, 0.3) is 0 Å². The number of aryl methyl sites for hydroxylation is 2. The average molecular weight is 282 g/mol. The summed E-state index contributed by atoms with van der Waals surface area (Å²) in [6.07, 6.45) is 0.224. The van der Waals surface area contributed by atoms with E-state index in [9.17, 15) is 5.11 Å². The van der Waals surface area contributed by atoms with E-state index in [0.29, 0.717) is 6.42 Å². The van der Waals surface area contributed by atoms with Crippen LogP contribution in [0.15, 0.2) is 42.5 Å². The minimum atomic E-state index is -0.445. The predicted molar refractivity (Wildman–Crippen MR) is 89.7 cm³/mol. The topological polar surface area (TPSA) is 20.2 Å². The predicted octanol–water partition coefficient (Wildman–Crippen LogP) is 4.88. The van der Waals surface area contributed by atoms with Gasteiger partial charge in [-0.15, -0.1) is 0 Å². The molecule has 2 aromatic rings. The number of aliphatic hydroxyl groups excluding tert-OH is 1. The second kappa shape index (κ2) is 6.03. The van der Waals surface area contributed by atoms with Gasteiger partial charge in [-0.2, -0.15) is 0 Å². The monoisotopic (exact) mass is 282 g/mol. The standard InChI is InChI=1S/C20H26O/c1-14-6-7-15(2)17(12-14)13-19(21)16-8-10-18(11-9-16)20(3,4)5/h6-12,19,21H,13H2,1-5H3. The first-order valence-corrected chi connectivity index (χ1v) is 7.62. The van der Waals surface area contributed by atoms with Crippen LogP contribution >= 0.6 is 0 Å². The maximum atomic E-state index is 10.5. The van der Waals surface area contributed by atoms with Crippen LogP contribution in [0.2, 0.25) is 0 Å². The van der Waals surface area contributed by atoms with E-state index in [-0.39, 0.29) is 5.41 Å². The molecule has 0 aliphatic heterocycles. The van der Waals surface area contributed by atoms with Gasteiger partial charge in [0.15, 0.2) is 0 Å². The summed E-state index contributed by atoms with van der Waals surface area (Å²) in [6.45, 7) is 10.8. The summed E-state index contributed by atoms with van der Waals surface area (Å²) in [5.74, 6) is 0. The van der Waals surface area contributed by atoms with Crippen molar-refractivity contribution in [1.82, 2.24) is 0 Å². The van der Waals surface area contributed by atoms with E-state index < -0.39 is 6.10 Å². The molecule has 0 aliphatic rings. The Morgan fingerprint density at radius 3 is 2.14 bits per heavy atom. The van der Waals surface area contributed by atoms with Crippen molar-refractivity contribution in [3.8, 4) is 0 Å². The number of rotatable bonds is 3. The van der Waals surface area contributed by atoms with Crippen molar-refractivity contribution in [3.05, 3.63) is 70.3 Å². The minimum Gasteiger partial charge on any atom is -0.388 e. The van der Waals surface area contributed by atoms with Gasteiger partial charge in [-0.25, -0.2) is 0 Å². The molecular weight excluding hydrogens is 256 g/mol. The second-order valence-electron chi connectivity index (χ2n) is 7.02. The molecule has 1 unspecified atom stereocenters. The maximum Gasteiger partial charge on any atom is 0.0830 e. The molecule has 2 aromatic carbocycles. The van der Waals surface area contributed by atoms with Gasteiger partial charge in [0, 0.05) is 6.42 Å². The zero-order chi connectivity index (χ0) is 15.6. The fraction of sp³-hybridized carbons (Fsp3) is 0.400. The van der Waals surface area contributed by atoms with Gasteiger partial charge in [0.05, 0.1) is 6.10 Å². The van der Waals surface area contributed by atoms with Crippen LogP contribution in [0.3, 0.4) is 0 Å². The van der Waals surface area contributed by atoms with Crippen molar-refractivity contribution >= 4 is 0 Å². The van der Waals surface area contributed by atoms with Crippen LogP contribution in [0.5, 0.6) is 0 Å². The maximum absolute atomic E-state index is 10.5. The highest BCUT2D eigenvalue weighted by Crippen LogP contribution is 2.26. The zero-order valence-corrected chi connectivity index (χ0v) is 13.8. The van der Waals surface area contributed by atoms with E-state index in [2.05, 4.69) is 77.1 Å². The molecule has 1 heteroatoms. The molecule has 112 valence electrons. The van der Waals surface area contributed by atoms with Crippen molar-refractivity contribution in [2.45, 2.75) is 52.6 Å². The molecule has 0 aromatic heterocycles. The lowest BCUT2D eigenvalue weighted by molar-refractivity contribution is 0.178. The summed E-state index contributed by atoms with van der Waals surface area (Å²) in [5, 5.41) is 10.5. The van der Waals surface area contributed by atoms with E-state index in [1.54, 1.807) is 0 Å². The van der Waals surface area contributed by atoms with Gasteiger partial charge in [0.2, 0.25) is 0 Å². The quantitative estimate of drug-likeness (QED) is 0.851. The Labute approximate surface area is 128 Å². The highest BCUT2D eigenvalue weighted by Gasteiger charge is 2.15. The summed E-state index contributed by atoms with van der Waals surface area (Å²) in [5.41, 5.74) is 6.14. The molecule has 0 heterocycles.